The summed E-state index contributed by atoms with van der Waals surface area (Å²) in [6, 6.07) is 25.3. The molecule has 0 saturated carbocycles. The van der Waals surface area contributed by atoms with E-state index in [0.29, 0.717) is 11.6 Å². The Morgan fingerprint density at radius 1 is 0.531 bits per heavy atom. The van der Waals surface area contributed by atoms with Gasteiger partial charge in [0.1, 0.15) is 0 Å². The first-order chi connectivity index (χ1) is 15.8. The van der Waals surface area contributed by atoms with E-state index in [0.717, 1.165) is 21.0 Å². The number of hydrogen-bond acceptors (Lipinski definition) is 6. The maximum atomic E-state index is 4.82. The van der Waals surface area contributed by atoms with Crippen LogP contribution in [0.25, 0.3) is 63.5 Å². The third-order valence-electron chi connectivity index (χ3n) is 5.91. The van der Waals surface area contributed by atoms with E-state index in [-0.39, 0.29) is 0 Å². The summed E-state index contributed by atoms with van der Waals surface area (Å²) in [4.78, 5) is 11.3. The van der Waals surface area contributed by atoms with E-state index >= 15 is 0 Å². The molecule has 32 heavy (non-hydrogen) atoms. The third kappa shape index (κ3) is 2.12. The van der Waals surface area contributed by atoms with Gasteiger partial charge in [-0.25, -0.2) is 9.03 Å². The van der Waals surface area contributed by atoms with Crippen molar-refractivity contribution in [1.82, 2.24) is 29.2 Å². The number of hydrogen-bond donors (Lipinski definition) is 0. The molecule has 0 amide bonds. The van der Waals surface area contributed by atoms with Crippen molar-refractivity contribution in [1.29, 1.82) is 0 Å². The Kier molecular flexibility index (Phi) is 3.08. The maximum Gasteiger partial charge on any atom is 0.222 e. The Morgan fingerprint density at radius 3 is 1.50 bits per heavy atom. The van der Waals surface area contributed by atoms with Crippen molar-refractivity contribution in [3.63, 3.8) is 0 Å². The van der Waals surface area contributed by atoms with Gasteiger partial charge in [-0.2, -0.15) is 9.97 Å². The van der Waals surface area contributed by atoms with Crippen LogP contribution < -0.4 is 0 Å². The van der Waals surface area contributed by atoms with Crippen molar-refractivity contribution in [3.8, 4) is 11.6 Å². The van der Waals surface area contributed by atoms with Crippen LogP contribution in [0, 0.1) is 0 Å². The summed E-state index contributed by atoms with van der Waals surface area (Å²) in [5, 5.41) is 14.4. The molecule has 0 saturated heterocycles. The molecule has 0 spiro atoms. The van der Waals surface area contributed by atoms with Crippen molar-refractivity contribution >= 4 is 74.6 Å². The van der Waals surface area contributed by atoms with Gasteiger partial charge in [-0.1, -0.05) is 83.3 Å². The largest absolute Gasteiger partial charge is 0.222 e. The number of thiazole rings is 2. The lowest BCUT2D eigenvalue weighted by Gasteiger charge is -1.99. The number of fused-ring (bicyclic) bond motifs is 10. The first-order valence-corrected chi connectivity index (χ1v) is 11.8. The molecule has 8 aromatic rings. The van der Waals surface area contributed by atoms with Gasteiger partial charge in [0, 0.05) is 10.8 Å². The van der Waals surface area contributed by atoms with Crippen LogP contribution in [-0.2, 0) is 0 Å². The summed E-state index contributed by atoms with van der Waals surface area (Å²) >= 11 is 3.27. The van der Waals surface area contributed by atoms with Crippen LogP contribution in [0.2, 0.25) is 0 Å². The lowest BCUT2D eigenvalue weighted by molar-refractivity contribution is 0.982. The summed E-state index contributed by atoms with van der Waals surface area (Å²) < 4.78 is 6.20. The predicted octanol–water partition coefficient (Wildman–Crippen LogP) is 6.17. The van der Waals surface area contributed by atoms with Gasteiger partial charge in [0.25, 0.3) is 0 Å². The van der Waals surface area contributed by atoms with E-state index in [1.165, 1.54) is 30.9 Å². The molecule has 0 bridgehead atoms. The summed E-state index contributed by atoms with van der Waals surface area (Å²) in [5.74, 6) is 1.10. The highest BCUT2D eigenvalue weighted by Gasteiger charge is 2.19. The normalized spacial score (nSPS) is 12.4. The number of rotatable bonds is 1. The van der Waals surface area contributed by atoms with Crippen molar-refractivity contribution < 1.29 is 0 Å². The minimum atomic E-state index is 0.551. The van der Waals surface area contributed by atoms with Gasteiger partial charge in [-0.3, -0.25) is 0 Å². The van der Waals surface area contributed by atoms with Crippen LogP contribution in [0.3, 0.4) is 0 Å². The van der Waals surface area contributed by atoms with Crippen LogP contribution in [0.4, 0.5) is 0 Å². The minimum Gasteiger partial charge on any atom is -0.202 e. The Bertz CT molecular complexity index is 1860. The molecule has 0 radical (unpaired) electrons. The van der Waals surface area contributed by atoms with E-state index < -0.39 is 0 Å². The Hall–Kier alpha value is -3.88. The first kappa shape index (κ1) is 16.8. The topological polar surface area (TPSA) is 60.4 Å². The van der Waals surface area contributed by atoms with E-state index in [2.05, 4.69) is 72.8 Å². The molecule has 6 nitrogen and oxygen atoms in total. The lowest BCUT2D eigenvalue weighted by atomic mass is 10.1. The van der Waals surface area contributed by atoms with Crippen molar-refractivity contribution in [2.75, 3.05) is 0 Å². The average molecular weight is 449 g/mol. The second-order valence-electron chi connectivity index (χ2n) is 7.73. The van der Waals surface area contributed by atoms with E-state index in [4.69, 9.17) is 20.2 Å². The lowest BCUT2D eigenvalue weighted by Crippen LogP contribution is -1.90. The molecule has 0 unspecified atom stereocenters. The van der Waals surface area contributed by atoms with Gasteiger partial charge in [0.05, 0.1) is 20.4 Å². The SMILES string of the molecule is c1ccc2c(c1)ccc1sc3nc(-c4nc5sc6ccc7ccccc7c6n5n4)nn3c12. The maximum absolute atomic E-state index is 4.82. The highest BCUT2D eigenvalue weighted by Crippen LogP contribution is 2.34. The molecule has 8 heteroatoms. The van der Waals surface area contributed by atoms with Gasteiger partial charge in [-0.05, 0) is 22.9 Å². The summed E-state index contributed by atoms with van der Waals surface area (Å²) in [5.41, 5.74) is 2.17. The molecule has 0 atom stereocenters. The molecule has 8 rings (SSSR count). The van der Waals surface area contributed by atoms with Crippen LogP contribution in [0.1, 0.15) is 0 Å². The second-order valence-corrected chi connectivity index (χ2v) is 9.75. The average Bonchev–Trinajstić information content (AvgIpc) is 3.56. The van der Waals surface area contributed by atoms with Crippen LogP contribution in [-0.4, -0.2) is 29.2 Å². The molecule has 0 aliphatic heterocycles. The van der Waals surface area contributed by atoms with Gasteiger partial charge in [0.15, 0.2) is 0 Å². The zero-order valence-electron chi connectivity index (χ0n) is 16.4. The predicted molar refractivity (Wildman–Crippen MR) is 131 cm³/mol. The fourth-order valence-corrected chi connectivity index (χ4v) is 6.43. The highest BCUT2D eigenvalue weighted by atomic mass is 32.1. The smallest absolute Gasteiger partial charge is 0.202 e. The quantitative estimate of drug-likeness (QED) is 0.301. The first-order valence-electron chi connectivity index (χ1n) is 10.2. The zero-order chi connectivity index (χ0) is 20.8. The molecular formula is C24H12N6S2. The summed E-state index contributed by atoms with van der Waals surface area (Å²) in [7, 11) is 0. The standard InChI is InChI=1S/C24H12N6S2/c1-3-7-15-13(5-1)9-11-17-19(15)29-23(31-17)25-21(27-29)22-26-24-30(28-22)20-16-8-4-2-6-14(16)10-12-18(20)32-24/h1-12H. The van der Waals surface area contributed by atoms with E-state index in [9.17, 15) is 0 Å². The fraction of sp³-hybridized carbons (Fsp3) is 0. The molecule has 4 aromatic heterocycles. The zero-order valence-corrected chi connectivity index (χ0v) is 18.1. The van der Waals surface area contributed by atoms with Crippen LogP contribution in [0.5, 0.6) is 0 Å². The third-order valence-corrected chi connectivity index (χ3v) is 7.90. The van der Waals surface area contributed by atoms with Gasteiger partial charge >= 0.3 is 0 Å². The van der Waals surface area contributed by atoms with E-state index in [1.54, 1.807) is 22.7 Å². The molecule has 0 aliphatic carbocycles. The molecular weight excluding hydrogens is 436 g/mol. The highest BCUT2D eigenvalue weighted by molar-refractivity contribution is 7.24. The molecule has 4 aromatic carbocycles. The van der Waals surface area contributed by atoms with Gasteiger partial charge in [0.2, 0.25) is 21.6 Å². The Balaban J connectivity index is 1.39. The molecule has 0 aliphatic rings. The molecule has 0 fully saturated rings. The molecule has 0 N–H and O–H groups in total. The van der Waals surface area contributed by atoms with E-state index in [1.807, 2.05) is 9.03 Å². The fourth-order valence-electron chi connectivity index (χ4n) is 4.48. The second kappa shape index (κ2) is 5.87. The Labute approximate surface area is 188 Å². The van der Waals surface area contributed by atoms with Gasteiger partial charge in [-0.15, -0.1) is 10.2 Å². The van der Waals surface area contributed by atoms with Gasteiger partial charge < -0.3 is 0 Å². The van der Waals surface area contributed by atoms with Crippen LogP contribution >= 0.6 is 22.7 Å². The number of nitrogens with zero attached hydrogens (tertiary/aromatic N) is 6. The van der Waals surface area contributed by atoms with Crippen molar-refractivity contribution in [2.24, 2.45) is 0 Å². The monoisotopic (exact) mass is 448 g/mol. The van der Waals surface area contributed by atoms with Crippen molar-refractivity contribution in [2.45, 2.75) is 0 Å². The summed E-state index contributed by atoms with van der Waals surface area (Å²) in [6.45, 7) is 0. The molecule has 150 valence electrons. The number of benzene rings is 4. The van der Waals surface area contributed by atoms with Crippen LogP contribution in [0.15, 0.2) is 72.8 Å². The number of aromatic nitrogens is 6. The molecule has 4 heterocycles. The summed E-state index contributed by atoms with van der Waals surface area (Å²) in [6.07, 6.45) is 0. The minimum absolute atomic E-state index is 0.551. The Morgan fingerprint density at radius 2 is 1.00 bits per heavy atom. The van der Waals surface area contributed by atoms with Crippen molar-refractivity contribution in [3.05, 3.63) is 72.8 Å².